The van der Waals surface area contributed by atoms with Crippen molar-refractivity contribution in [3.05, 3.63) is 0 Å². The van der Waals surface area contributed by atoms with Gasteiger partial charge in [0.05, 0.1) is 18.3 Å². The predicted molar refractivity (Wildman–Crippen MR) is 128 cm³/mol. The fourth-order valence-corrected chi connectivity index (χ4v) is 9.54. The van der Waals surface area contributed by atoms with E-state index >= 15 is 0 Å². The predicted octanol–water partition coefficient (Wildman–Crippen LogP) is 2.32. The molecule has 5 rings (SSSR count). The summed E-state index contributed by atoms with van der Waals surface area (Å²) >= 11 is 0. The number of fused-ring (bicyclic) bond motifs is 5. The minimum absolute atomic E-state index is 0.0163. The molecule has 196 valence electrons. The molecule has 0 spiro atoms. The zero-order chi connectivity index (χ0) is 24.6. The van der Waals surface area contributed by atoms with Crippen LogP contribution < -0.4 is 5.73 Å². The standard InChI is InChI=1S/C27H47NO6/c1-14(29)18-9-12-27(28)20-6-5-16-13-17(34-24-23(32)22(31)21(30)15(2)33-24)7-10-25(16,3)19(20)8-11-26(18,27)4/h14-24,29-32H,5-13,28H2,1-4H3/t14-,15+,16?,17-,18+,19?,20?,21+,22+,23+,24-,25-,26+,27-/m0/s1. The maximum Gasteiger partial charge on any atom is 0.186 e. The summed E-state index contributed by atoms with van der Waals surface area (Å²) < 4.78 is 11.9. The Morgan fingerprint density at radius 1 is 0.912 bits per heavy atom. The van der Waals surface area contributed by atoms with Crippen molar-refractivity contribution in [1.29, 1.82) is 0 Å². The van der Waals surface area contributed by atoms with Gasteiger partial charge in [0.15, 0.2) is 6.29 Å². The van der Waals surface area contributed by atoms with Crippen molar-refractivity contribution in [1.82, 2.24) is 0 Å². The molecule has 0 aromatic carbocycles. The van der Waals surface area contributed by atoms with Gasteiger partial charge < -0.3 is 35.6 Å². The van der Waals surface area contributed by atoms with E-state index in [0.717, 1.165) is 51.4 Å². The molecule has 1 saturated heterocycles. The van der Waals surface area contributed by atoms with Crippen molar-refractivity contribution in [2.75, 3.05) is 0 Å². The molecule has 7 nitrogen and oxygen atoms in total. The maximum atomic E-state index is 10.5. The lowest BCUT2D eigenvalue weighted by molar-refractivity contribution is -0.309. The SMILES string of the molecule is C[C@H](O)[C@H]1CC[C@]2(N)C3CCC4C[C@@H](O[C@@H]5O[C@H](C)[C@@H](O)[C@@H](O)[C@H]5O)CC[C@]4(C)C3CC[C@]12C. The van der Waals surface area contributed by atoms with Gasteiger partial charge in [0, 0.05) is 5.54 Å². The second kappa shape index (κ2) is 8.64. The van der Waals surface area contributed by atoms with Crippen LogP contribution in [-0.4, -0.2) is 68.9 Å². The number of hydrogen-bond donors (Lipinski definition) is 5. The third-order valence-electron chi connectivity index (χ3n) is 11.7. The van der Waals surface area contributed by atoms with Crippen molar-refractivity contribution in [2.24, 2.45) is 40.2 Å². The lowest BCUT2D eigenvalue weighted by atomic mass is 9.42. The lowest BCUT2D eigenvalue weighted by Crippen LogP contribution is -2.67. The first-order chi connectivity index (χ1) is 15.9. The molecular formula is C27H47NO6. The lowest BCUT2D eigenvalue weighted by Gasteiger charge is -2.64. The number of ether oxygens (including phenoxy) is 2. The normalized spacial score (nSPS) is 58.5. The van der Waals surface area contributed by atoms with Gasteiger partial charge in [-0.2, -0.15) is 0 Å². The Hall–Kier alpha value is -0.280. The highest BCUT2D eigenvalue weighted by Crippen LogP contribution is 2.68. The third-order valence-corrected chi connectivity index (χ3v) is 11.7. The fraction of sp³-hybridized carbons (Fsp3) is 1.00. The monoisotopic (exact) mass is 481 g/mol. The van der Waals surface area contributed by atoms with E-state index in [2.05, 4.69) is 13.8 Å². The summed E-state index contributed by atoms with van der Waals surface area (Å²) in [4.78, 5) is 0. The second-order valence-corrected chi connectivity index (χ2v) is 13.1. The van der Waals surface area contributed by atoms with E-state index in [1.807, 2.05) is 6.92 Å². The largest absolute Gasteiger partial charge is 0.393 e. The molecule has 0 aromatic heterocycles. The molecule has 14 atom stereocenters. The highest BCUT2D eigenvalue weighted by Gasteiger charge is 2.66. The summed E-state index contributed by atoms with van der Waals surface area (Å²) in [6, 6.07) is 0. The topological polar surface area (TPSA) is 125 Å². The molecule has 7 heteroatoms. The Bertz CT molecular complexity index is 765. The number of rotatable bonds is 3. The van der Waals surface area contributed by atoms with E-state index in [0.29, 0.717) is 23.7 Å². The first kappa shape index (κ1) is 25.4. The minimum Gasteiger partial charge on any atom is -0.393 e. The van der Waals surface area contributed by atoms with Crippen molar-refractivity contribution >= 4 is 0 Å². The molecule has 3 unspecified atom stereocenters. The number of aliphatic hydroxyl groups is 4. The van der Waals surface area contributed by atoms with Gasteiger partial charge in [-0.15, -0.1) is 0 Å². The van der Waals surface area contributed by atoms with Crippen molar-refractivity contribution in [3.8, 4) is 0 Å². The van der Waals surface area contributed by atoms with Crippen LogP contribution in [-0.2, 0) is 9.47 Å². The highest BCUT2D eigenvalue weighted by molar-refractivity contribution is 5.19. The summed E-state index contributed by atoms with van der Waals surface area (Å²) in [7, 11) is 0. The van der Waals surface area contributed by atoms with Crippen LogP contribution in [0.4, 0.5) is 0 Å². The van der Waals surface area contributed by atoms with E-state index in [1.165, 1.54) is 6.42 Å². The molecule has 0 bridgehead atoms. The van der Waals surface area contributed by atoms with Crippen LogP contribution >= 0.6 is 0 Å². The minimum atomic E-state index is -1.26. The molecular weight excluding hydrogens is 434 g/mol. The molecule has 5 aliphatic rings. The molecule has 0 amide bonds. The van der Waals surface area contributed by atoms with Gasteiger partial charge in [0.1, 0.15) is 18.3 Å². The smallest absolute Gasteiger partial charge is 0.186 e. The van der Waals surface area contributed by atoms with E-state index in [9.17, 15) is 20.4 Å². The van der Waals surface area contributed by atoms with Crippen molar-refractivity contribution < 1.29 is 29.9 Å². The summed E-state index contributed by atoms with van der Waals surface area (Å²) in [6.07, 6.45) is 4.12. The Morgan fingerprint density at radius 2 is 1.65 bits per heavy atom. The van der Waals surface area contributed by atoms with Crippen LogP contribution in [0.25, 0.3) is 0 Å². The van der Waals surface area contributed by atoms with Crippen LogP contribution in [0.3, 0.4) is 0 Å². The molecule has 5 fully saturated rings. The molecule has 0 radical (unpaired) electrons. The molecule has 1 aliphatic heterocycles. The number of aliphatic hydroxyl groups excluding tert-OH is 4. The van der Waals surface area contributed by atoms with Gasteiger partial charge in [0.25, 0.3) is 0 Å². The quantitative estimate of drug-likeness (QED) is 0.392. The molecule has 0 aromatic rings. The van der Waals surface area contributed by atoms with Crippen LogP contribution in [0.2, 0.25) is 0 Å². The molecule has 6 N–H and O–H groups in total. The summed E-state index contributed by atoms with van der Waals surface area (Å²) in [6.45, 7) is 8.47. The van der Waals surface area contributed by atoms with Crippen LogP contribution in [0, 0.1) is 34.5 Å². The fourth-order valence-electron chi connectivity index (χ4n) is 9.54. The van der Waals surface area contributed by atoms with Gasteiger partial charge in [-0.3, -0.25) is 0 Å². The van der Waals surface area contributed by atoms with Gasteiger partial charge in [-0.1, -0.05) is 13.8 Å². The Balaban J connectivity index is 1.29. The maximum absolute atomic E-state index is 10.5. The number of nitrogens with two attached hydrogens (primary N) is 1. The summed E-state index contributed by atoms with van der Waals surface area (Å²) in [5.41, 5.74) is 7.40. The first-order valence-corrected chi connectivity index (χ1v) is 13.7. The molecule has 4 saturated carbocycles. The van der Waals surface area contributed by atoms with Crippen LogP contribution in [0.1, 0.15) is 85.5 Å². The zero-order valence-corrected chi connectivity index (χ0v) is 21.4. The van der Waals surface area contributed by atoms with Crippen LogP contribution in [0.5, 0.6) is 0 Å². The van der Waals surface area contributed by atoms with E-state index in [-0.39, 0.29) is 28.6 Å². The van der Waals surface area contributed by atoms with E-state index in [4.69, 9.17) is 15.2 Å². The van der Waals surface area contributed by atoms with E-state index in [1.54, 1.807) is 6.92 Å². The average molecular weight is 482 g/mol. The second-order valence-electron chi connectivity index (χ2n) is 13.1. The third kappa shape index (κ3) is 3.56. The first-order valence-electron chi connectivity index (χ1n) is 13.7. The van der Waals surface area contributed by atoms with Crippen molar-refractivity contribution in [2.45, 2.75) is 134 Å². The molecule has 4 aliphatic carbocycles. The number of hydrogen-bond acceptors (Lipinski definition) is 7. The average Bonchev–Trinajstić information content (AvgIpc) is 3.07. The Kier molecular flexibility index (Phi) is 6.45. The Morgan fingerprint density at radius 3 is 2.35 bits per heavy atom. The summed E-state index contributed by atoms with van der Waals surface area (Å²) in [5, 5.41) is 41.0. The van der Waals surface area contributed by atoms with E-state index < -0.39 is 30.7 Å². The summed E-state index contributed by atoms with van der Waals surface area (Å²) in [5.74, 6) is 1.95. The Labute approximate surface area is 204 Å². The van der Waals surface area contributed by atoms with Gasteiger partial charge in [0.2, 0.25) is 0 Å². The van der Waals surface area contributed by atoms with Crippen molar-refractivity contribution in [3.63, 3.8) is 0 Å². The highest BCUT2D eigenvalue weighted by atomic mass is 16.7. The van der Waals surface area contributed by atoms with Gasteiger partial charge in [-0.05, 0) is 106 Å². The van der Waals surface area contributed by atoms with Gasteiger partial charge in [-0.25, -0.2) is 0 Å². The molecule has 34 heavy (non-hydrogen) atoms. The van der Waals surface area contributed by atoms with Gasteiger partial charge >= 0.3 is 0 Å². The van der Waals surface area contributed by atoms with Crippen LogP contribution in [0.15, 0.2) is 0 Å². The molecule has 1 heterocycles. The zero-order valence-electron chi connectivity index (χ0n) is 21.4.